The summed E-state index contributed by atoms with van der Waals surface area (Å²) in [5, 5.41) is 12.3. The van der Waals surface area contributed by atoms with E-state index in [0.717, 1.165) is 28.3 Å². The van der Waals surface area contributed by atoms with Crippen LogP contribution in [-0.2, 0) is 5.41 Å². The summed E-state index contributed by atoms with van der Waals surface area (Å²) in [6, 6.07) is 2.35. The monoisotopic (exact) mass is 258 g/mol. The molecule has 0 aromatic carbocycles. The Labute approximate surface area is 112 Å². The fourth-order valence-corrected chi connectivity index (χ4v) is 6.21. The lowest BCUT2D eigenvalue weighted by atomic mass is 9.48. The van der Waals surface area contributed by atoms with E-state index in [-0.39, 0.29) is 0 Å². The molecule has 2 nitrogen and oxygen atoms in total. The Hall–Kier alpha value is -1.01. The molecule has 0 atom stereocenters. The van der Waals surface area contributed by atoms with Gasteiger partial charge in [0.05, 0.1) is 5.56 Å². The second-order valence-electron chi connectivity index (χ2n) is 6.70. The van der Waals surface area contributed by atoms with Crippen LogP contribution in [0.1, 0.15) is 49.7 Å². The predicted molar refractivity (Wildman–Crippen MR) is 73.3 cm³/mol. The van der Waals surface area contributed by atoms with Crippen molar-refractivity contribution in [3.8, 4) is 6.07 Å². The average molecular weight is 258 g/mol. The molecule has 2 N–H and O–H groups in total. The third-order valence-electron chi connectivity index (χ3n) is 5.54. The van der Waals surface area contributed by atoms with Crippen molar-refractivity contribution in [2.45, 2.75) is 43.9 Å². The van der Waals surface area contributed by atoms with Gasteiger partial charge in [-0.05, 0) is 72.6 Å². The molecule has 1 aromatic rings. The van der Waals surface area contributed by atoms with Gasteiger partial charge in [-0.2, -0.15) is 5.26 Å². The van der Waals surface area contributed by atoms with Gasteiger partial charge in [0.1, 0.15) is 11.1 Å². The van der Waals surface area contributed by atoms with E-state index in [4.69, 9.17) is 5.73 Å². The summed E-state index contributed by atoms with van der Waals surface area (Å²) in [5.74, 6) is 2.76. The van der Waals surface area contributed by atoms with E-state index in [1.165, 1.54) is 44.1 Å². The lowest BCUT2D eigenvalue weighted by Gasteiger charge is -2.57. The lowest BCUT2D eigenvalue weighted by molar-refractivity contribution is -0.00509. The average Bonchev–Trinajstić information content (AvgIpc) is 2.69. The van der Waals surface area contributed by atoms with Crippen LogP contribution >= 0.6 is 11.3 Å². The van der Waals surface area contributed by atoms with Gasteiger partial charge in [-0.25, -0.2) is 0 Å². The van der Waals surface area contributed by atoms with E-state index in [2.05, 4.69) is 11.4 Å². The van der Waals surface area contributed by atoms with Crippen LogP contribution in [0.25, 0.3) is 0 Å². The Bertz CT molecular complexity index is 502. The van der Waals surface area contributed by atoms with Gasteiger partial charge >= 0.3 is 0 Å². The van der Waals surface area contributed by atoms with Gasteiger partial charge in [0.2, 0.25) is 0 Å². The molecule has 0 aliphatic heterocycles. The van der Waals surface area contributed by atoms with Gasteiger partial charge in [0.25, 0.3) is 0 Å². The van der Waals surface area contributed by atoms with E-state index in [1.807, 2.05) is 0 Å². The number of anilines is 1. The Morgan fingerprint density at radius 1 is 1.17 bits per heavy atom. The van der Waals surface area contributed by atoms with Crippen LogP contribution in [0.2, 0.25) is 0 Å². The zero-order chi connectivity index (χ0) is 12.3. The molecule has 4 fully saturated rings. The third-order valence-corrected chi connectivity index (χ3v) is 6.35. The third kappa shape index (κ3) is 1.33. The van der Waals surface area contributed by atoms with Crippen molar-refractivity contribution in [1.82, 2.24) is 0 Å². The second kappa shape index (κ2) is 3.51. The summed E-state index contributed by atoms with van der Waals surface area (Å²) in [4.78, 5) is 0. The first kappa shape index (κ1) is 10.9. The lowest BCUT2D eigenvalue weighted by Crippen LogP contribution is -2.48. The number of thiophene rings is 1. The van der Waals surface area contributed by atoms with Gasteiger partial charge in [0, 0.05) is 0 Å². The summed E-state index contributed by atoms with van der Waals surface area (Å²) in [5.41, 5.74) is 8.37. The normalized spacial score (nSPS) is 40.9. The van der Waals surface area contributed by atoms with E-state index in [9.17, 15) is 5.26 Å². The minimum absolute atomic E-state index is 0.313. The molecule has 0 radical (unpaired) electrons. The minimum Gasteiger partial charge on any atom is -0.389 e. The maximum atomic E-state index is 9.37. The topological polar surface area (TPSA) is 49.8 Å². The van der Waals surface area contributed by atoms with E-state index < -0.39 is 0 Å². The number of rotatable bonds is 1. The van der Waals surface area contributed by atoms with Crippen LogP contribution in [0.3, 0.4) is 0 Å². The van der Waals surface area contributed by atoms with Crippen molar-refractivity contribution in [2.75, 3.05) is 5.73 Å². The molecule has 18 heavy (non-hydrogen) atoms. The fourth-order valence-electron chi connectivity index (χ4n) is 5.32. The number of hydrogen-bond acceptors (Lipinski definition) is 3. The first-order chi connectivity index (χ1) is 8.70. The summed E-state index contributed by atoms with van der Waals surface area (Å²) in [6.07, 6.45) is 8.26. The van der Waals surface area contributed by atoms with Crippen molar-refractivity contribution >= 4 is 16.3 Å². The molecule has 5 rings (SSSR count). The predicted octanol–water partition coefficient (Wildman–Crippen LogP) is 3.67. The first-order valence-corrected chi connectivity index (χ1v) is 7.86. The van der Waals surface area contributed by atoms with Gasteiger partial charge < -0.3 is 5.73 Å². The van der Waals surface area contributed by atoms with Crippen molar-refractivity contribution < 1.29 is 0 Å². The number of nitrogens with two attached hydrogens (primary N) is 1. The van der Waals surface area contributed by atoms with Gasteiger partial charge in [0.15, 0.2) is 0 Å². The molecular weight excluding hydrogens is 240 g/mol. The van der Waals surface area contributed by atoms with Crippen molar-refractivity contribution in [1.29, 1.82) is 5.26 Å². The van der Waals surface area contributed by atoms with Gasteiger partial charge in [-0.15, -0.1) is 11.3 Å². The van der Waals surface area contributed by atoms with Crippen LogP contribution in [0, 0.1) is 29.1 Å². The van der Waals surface area contributed by atoms with Gasteiger partial charge in [-0.1, -0.05) is 0 Å². The highest BCUT2D eigenvalue weighted by Gasteiger charge is 2.52. The zero-order valence-electron chi connectivity index (χ0n) is 10.5. The molecule has 1 heterocycles. The fraction of sp³-hybridized carbons (Fsp3) is 0.667. The zero-order valence-corrected chi connectivity index (χ0v) is 11.3. The van der Waals surface area contributed by atoms with Crippen molar-refractivity contribution in [3.05, 3.63) is 16.5 Å². The summed E-state index contributed by atoms with van der Waals surface area (Å²) >= 11 is 1.56. The molecule has 0 spiro atoms. The Morgan fingerprint density at radius 2 is 1.72 bits per heavy atom. The minimum atomic E-state index is 0.313. The molecule has 3 heteroatoms. The highest BCUT2D eigenvalue weighted by molar-refractivity contribution is 7.14. The largest absolute Gasteiger partial charge is 0.389 e. The number of nitrogen functional groups attached to an aromatic ring is 1. The summed E-state index contributed by atoms with van der Waals surface area (Å²) < 4.78 is 0. The number of nitrogens with zero attached hydrogens (tertiary/aromatic N) is 1. The van der Waals surface area contributed by atoms with Crippen LogP contribution < -0.4 is 5.73 Å². The highest BCUT2D eigenvalue weighted by Crippen LogP contribution is 2.61. The van der Waals surface area contributed by atoms with Crippen LogP contribution in [0.4, 0.5) is 5.00 Å². The van der Waals surface area contributed by atoms with E-state index >= 15 is 0 Å². The van der Waals surface area contributed by atoms with Crippen LogP contribution in [0.5, 0.6) is 0 Å². The molecular formula is C15H18N2S. The van der Waals surface area contributed by atoms with E-state index in [0.29, 0.717) is 5.41 Å². The summed E-state index contributed by atoms with van der Waals surface area (Å²) in [7, 11) is 0. The molecule has 0 amide bonds. The maximum absolute atomic E-state index is 9.37. The summed E-state index contributed by atoms with van der Waals surface area (Å²) in [6.45, 7) is 0. The highest BCUT2D eigenvalue weighted by atomic mass is 32.1. The second-order valence-corrected chi connectivity index (χ2v) is 7.61. The first-order valence-electron chi connectivity index (χ1n) is 6.98. The smallest absolute Gasteiger partial charge is 0.104 e. The maximum Gasteiger partial charge on any atom is 0.104 e. The molecule has 0 saturated heterocycles. The Kier molecular flexibility index (Phi) is 2.12. The number of hydrogen-bond donors (Lipinski definition) is 1. The molecule has 0 unspecified atom stereocenters. The Morgan fingerprint density at radius 3 is 2.22 bits per heavy atom. The molecule has 4 aliphatic carbocycles. The molecule has 4 aliphatic rings. The number of nitriles is 1. The SMILES string of the molecule is N#Cc1c(C23CC4CC(CC(C4)C2)C3)csc1N. The van der Waals surface area contributed by atoms with Crippen LogP contribution in [0.15, 0.2) is 5.38 Å². The molecule has 4 bridgehead atoms. The molecule has 4 saturated carbocycles. The van der Waals surface area contributed by atoms with Gasteiger partial charge in [-0.3, -0.25) is 0 Å². The standard InChI is InChI=1S/C15H18N2S/c16-7-12-13(8-18-14(12)17)15-4-9-1-10(5-15)3-11(2-9)6-15/h8-11H,1-6,17H2. The molecule has 94 valence electrons. The van der Waals surface area contributed by atoms with Crippen molar-refractivity contribution in [2.24, 2.45) is 17.8 Å². The van der Waals surface area contributed by atoms with Crippen molar-refractivity contribution in [3.63, 3.8) is 0 Å². The Balaban J connectivity index is 1.82. The van der Waals surface area contributed by atoms with Crippen LogP contribution in [-0.4, -0.2) is 0 Å². The van der Waals surface area contributed by atoms with E-state index in [1.54, 1.807) is 11.3 Å². The molecule has 1 aromatic heterocycles. The quantitative estimate of drug-likeness (QED) is 0.835.